The number of nitrogens with one attached hydrogen (secondary N) is 1. The standard InChI is InChI=1S/C14H19NO/c1-3-9-15-12-8-7-11-5-4-6-14(16-2)13(11)10-12/h3-6,12,15H,1,7-10H2,2H3/t12-/m1/s1. The van der Waals surface area contributed by atoms with Crippen LogP contribution in [-0.4, -0.2) is 19.7 Å². The summed E-state index contributed by atoms with van der Waals surface area (Å²) in [6, 6.07) is 6.90. The summed E-state index contributed by atoms with van der Waals surface area (Å²) in [5, 5.41) is 3.49. The second-order valence-corrected chi connectivity index (χ2v) is 4.23. The Hall–Kier alpha value is -1.28. The van der Waals surface area contributed by atoms with E-state index < -0.39 is 0 Å². The van der Waals surface area contributed by atoms with Crippen molar-refractivity contribution < 1.29 is 4.74 Å². The number of hydrogen-bond acceptors (Lipinski definition) is 2. The molecule has 1 atom stereocenters. The third-order valence-corrected chi connectivity index (χ3v) is 3.21. The van der Waals surface area contributed by atoms with E-state index in [0.29, 0.717) is 6.04 Å². The maximum absolute atomic E-state index is 5.42. The molecule has 1 aliphatic carbocycles. The van der Waals surface area contributed by atoms with Crippen molar-refractivity contribution in [1.82, 2.24) is 5.32 Å². The highest BCUT2D eigenvalue weighted by atomic mass is 16.5. The lowest BCUT2D eigenvalue weighted by Crippen LogP contribution is -2.34. The van der Waals surface area contributed by atoms with E-state index in [1.165, 1.54) is 17.5 Å². The van der Waals surface area contributed by atoms with E-state index in [2.05, 4.69) is 30.1 Å². The van der Waals surface area contributed by atoms with Crippen LogP contribution in [-0.2, 0) is 12.8 Å². The van der Waals surface area contributed by atoms with Crippen LogP contribution in [0.15, 0.2) is 30.9 Å². The molecule has 1 N–H and O–H groups in total. The Kier molecular flexibility index (Phi) is 3.62. The van der Waals surface area contributed by atoms with Crippen LogP contribution < -0.4 is 10.1 Å². The van der Waals surface area contributed by atoms with Crippen LogP contribution in [0.25, 0.3) is 0 Å². The van der Waals surface area contributed by atoms with E-state index in [1.54, 1.807) is 7.11 Å². The molecule has 0 amide bonds. The van der Waals surface area contributed by atoms with Crippen LogP contribution in [0.3, 0.4) is 0 Å². The van der Waals surface area contributed by atoms with Crippen molar-refractivity contribution >= 4 is 0 Å². The Bertz CT molecular complexity index is 359. The molecular formula is C14H19NO. The molecular weight excluding hydrogens is 198 g/mol. The molecule has 0 fully saturated rings. The fraction of sp³-hybridized carbons (Fsp3) is 0.429. The minimum absolute atomic E-state index is 0.557. The average molecular weight is 217 g/mol. The summed E-state index contributed by atoms with van der Waals surface area (Å²) in [5.41, 5.74) is 2.81. The lowest BCUT2D eigenvalue weighted by Gasteiger charge is -2.26. The van der Waals surface area contributed by atoms with E-state index in [1.807, 2.05) is 6.08 Å². The van der Waals surface area contributed by atoms with Gasteiger partial charge in [0.2, 0.25) is 0 Å². The largest absolute Gasteiger partial charge is 0.496 e. The van der Waals surface area contributed by atoms with Crippen molar-refractivity contribution in [2.24, 2.45) is 0 Å². The Balaban J connectivity index is 2.14. The van der Waals surface area contributed by atoms with Gasteiger partial charge >= 0.3 is 0 Å². The molecule has 0 bridgehead atoms. The summed E-state index contributed by atoms with van der Waals surface area (Å²) in [6.45, 7) is 4.62. The number of ether oxygens (including phenoxy) is 1. The van der Waals surface area contributed by atoms with Gasteiger partial charge in [0.05, 0.1) is 7.11 Å². The highest BCUT2D eigenvalue weighted by Crippen LogP contribution is 2.29. The molecule has 1 aromatic rings. The van der Waals surface area contributed by atoms with E-state index >= 15 is 0 Å². The van der Waals surface area contributed by atoms with Crippen LogP contribution in [0.1, 0.15) is 17.5 Å². The molecule has 0 spiro atoms. The third-order valence-electron chi connectivity index (χ3n) is 3.21. The summed E-state index contributed by atoms with van der Waals surface area (Å²) in [7, 11) is 1.75. The van der Waals surface area contributed by atoms with Gasteiger partial charge in [0.15, 0.2) is 0 Å². The topological polar surface area (TPSA) is 21.3 Å². The maximum Gasteiger partial charge on any atom is 0.122 e. The van der Waals surface area contributed by atoms with Gasteiger partial charge in [-0.1, -0.05) is 18.2 Å². The fourth-order valence-corrected chi connectivity index (χ4v) is 2.37. The molecule has 86 valence electrons. The molecule has 0 saturated carbocycles. The predicted molar refractivity (Wildman–Crippen MR) is 67.0 cm³/mol. The minimum atomic E-state index is 0.557. The van der Waals surface area contributed by atoms with E-state index in [0.717, 1.165) is 25.1 Å². The predicted octanol–water partition coefficient (Wildman–Crippen LogP) is 2.33. The fourth-order valence-electron chi connectivity index (χ4n) is 2.37. The van der Waals surface area contributed by atoms with Gasteiger partial charge in [-0.3, -0.25) is 0 Å². The summed E-state index contributed by atoms with van der Waals surface area (Å²) in [4.78, 5) is 0. The molecule has 2 heteroatoms. The zero-order chi connectivity index (χ0) is 11.4. The summed E-state index contributed by atoms with van der Waals surface area (Å²) >= 11 is 0. The van der Waals surface area contributed by atoms with Gasteiger partial charge in [-0.2, -0.15) is 0 Å². The Morgan fingerprint density at radius 1 is 1.56 bits per heavy atom. The Morgan fingerprint density at radius 2 is 2.44 bits per heavy atom. The first-order chi connectivity index (χ1) is 7.85. The monoisotopic (exact) mass is 217 g/mol. The van der Waals surface area contributed by atoms with Crippen LogP contribution >= 0.6 is 0 Å². The number of benzene rings is 1. The molecule has 1 aliphatic rings. The van der Waals surface area contributed by atoms with Crippen LogP contribution in [0.5, 0.6) is 5.75 Å². The number of methoxy groups -OCH3 is 1. The number of hydrogen-bond donors (Lipinski definition) is 1. The van der Waals surface area contributed by atoms with Crippen LogP contribution in [0.4, 0.5) is 0 Å². The molecule has 2 rings (SSSR count). The number of rotatable bonds is 4. The second kappa shape index (κ2) is 5.17. The molecule has 0 aliphatic heterocycles. The summed E-state index contributed by atoms with van der Waals surface area (Å²) in [5.74, 6) is 1.03. The lowest BCUT2D eigenvalue weighted by atomic mass is 9.87. The molecule has 16 heavy (non-hydrogen) atoms. The third kappa shape index (κ3) is 2.27. The normalized spacial score (nSPS) is 18.9. The zero-order valence-electron chi connectivity index (χ0n) is 9.83. The van der Waals surface area contributed by atoms with Gasteiger partial charge in [0, 0.05) is 12.6 Å². The summed E-state index contributed by atoms with van der Waals surface area (Å²) < 4.78 is 5.42. The first kappa shape index (κ1) is 11.2. The van der Waals surface area contributed by atoms with Gasteiger partial charge in [-0.05, 0) is 36.5 Å². The zero-order valence-corrected chi connectivity index (χ0v) is 9.83. The molecule has 0 aromatic heterocycles. The SMILES string of the molecule is C=CCN[C@@H]1CCc2cccc(OC)c2C1. The van der Waals surface area contributed by atoms with E-state index in [4.69, 9.17) is 4.74 Å². The molecule has 2 nitrogen and oxygen atoms in total. The average Bonchev–Trinajstić information content (AvgIpc) is 2.35. The van der Waals surface area contributed by atoms with Crippen LogP contribution in [0.2, 0.25) is 0 Å². The molecule has 0 heterocycles. The second-order valence-electron chi connectivity index (χ2n) is 4.23. The van der Waals surface area contributed by atoms with Gasteiger partial charge in [0.25, 0.3) is 0 Å². The molecule has 0 unspecified atom stereocenters. The van der Waals surface area contributed by atoms with Crippen molar-refractivity contribution in [1.29, 1.82) is 0 Å². The van der Waals surface area contributed by atoms with Crippen LogP contribution in [0, 0.1) is 0 Å². The van der Waals surface area contributed by atoms with Crippen molar-refractivity contribution in [3.63, 3.8) is 0 Å². The van der Waals surface area contributed by atoms with Gasteiger partial charge in [0.1, 0.15) is 5.75 Å². The Morgan fingerprint density at radius 3 is 3.19 bits per heavy atom. The van der Waals surface area contributed by atoms with Gasteiger partial charge < -0.3 is 10.1 Å². The van der Waals surface area contributed by atoms with Crippen molar-refractivity contribution in [2.75, 3.05) is 13.7 Å². The van der Waals surface area contributed by atoms with Crippen molar-refractivity contribution in [3.05, 3.63) is 42.0 Å². The highest BCUT2D eigenvalue weighted by Gasteiger charge is 2.20. The quantitative estimate of drug-likeness (QED) is 0.782. The number of aryl methyl sites for hydroxylation is 1. The smallest absolute Gasteiger partial charge is 0.122 e. The number of fused-ring (bicyclic) bond motifs is 1. The molecule has 0 radical (unpaired) electrons. The van der Waals surface area contributed by atoms with Gasteiger partial charge in [-0.15, -0.1) is 6.58 Å². The first-order valence-corrected chi connectivity index (χ1v) is 5.84. The van der Waals surface area contributed by atoms with Crippen molar-refractivity contribution in [3.8, 4) is 5.75 Å². The minimum Gasteiger partial charge on any atom is -0.496 e. The first-order valence-electron chi connectivity index (χ1n) is 5.84. The Labute approximate surface area is 97.3 Å². The van der Waals surface area contributed by atoms with E-state index in [9.17, 15) is 0 Å². The van der Waals surface area contributed by atoms with E-state index in [-0.39, 0.29) is 0 Å². The molecule has 0 saturated heterocycles. The summed E-state index contributed by atoms with van der Waals surface area (Å²) in [6.07, 6.45) is 5.32. The highest BCUT2D eigenvalue weighted by molar-refractivity contribution is 5.42. The maximum atomic E-state index is 5.42. The molecule has 1 aromatic carbocycles. The lowest BCUT2D eigenvalue weighted by molar-refractivity contribution is 0.397. The van der Waals surface area contributed by atoms with Crippen molar-refractivity contribution in [2.45, 2.75) is 25.3 Å². The van der Waals surface area contributed by atoms with Gasteiger partial charge in [-0.25, -0.2) is 0 Å².